The summed E-state index contributed by atoms with van der Waals surface area (Å²) in [6.45, 7) is 0. The van der Waals surface area contributed by atoms with E-state index in [1.54, 1.807) is 0 Å². The minimum Gasteiger partial charge on any atom is -0.508 e. The van der Waals surface area contributed by atoms with E-state index in [0.29, 0.717) is 5.56 Å². The second kappa shape index (κ2) is 6.81. The fourth-order valence-corrected chi connectivity index (χ4v) is 0.696. The summed E-state index contributed by atoms with van der Waals surface area (Å²) >= 11 is 4.05. The Hall–Kier alpha value is -1.66. The molecule has 0 unspecified atom stereocenters. The van der Waals surface area contributed by atoms with Crippen molar-refractivity contribution in [3.8, 4) is 5.75 Å². The average molecular weight is 213 g/mol. The van der Waals surface area contributed by atoms with Crippen LogP contribution in [0.2, 0.25) is 0 Å². The summed E-state index contributed by atoms with van der Waals surface area (Å²) < 4.78 is 0. The van der Waals surface area contributed by atoms with Gasteiger partial charge in [0.05, 0.1) is 5.49 Å². The van der Waals surface area contributed by atoms with Gasteiger partial charge in [0.25, 0.3) is 5.91 Å². The lowest BCUT2D eigenvalue weighted by molar-refractivity contribution is 0.0953. The van der Waals surface area contributed by atoms with Crippen LogP contribution in [0.5, 0.6) is 5.75 Å². The van der Waals surface area contributed by atoms with Crippen molar-refractivity contribution in [2.75, 3.05) is 0 Å². The van der Waals surface area contributed by atoms with Crippen molar-refractivity contribution in [2.24, 2.45) is 11.6 Å². The molecule has 0 bridgehead atoms. The van der Waals surface area contributed by atoms with E-state index in [1.165, 1.54) is 24.3 Å². The van der Waals surface area contributed by atoms with E-state index in [9.17, 15) is 4.79 Å². The number of phenols is 1. The van der Waals surface area contributed by atoms with Crippen LogP contribution in [0.4, 0.5) is 0 Å². The molecule has 0 saturated carbocycles. The minimum absolute atomic E-state index is 0.124. The van der Waals surface area contributed by atoms with Crippen molar-refractivity contribution in [1.29, 1.82) is 0 Å². The topological polar surface area (TPSA) is 101 Å². The van der Waals surface area contributed by atoms with Gasteiger partial charge in [-0.05, 0) is 24.3 Å². The standard InChI is InChI=1S/C7H8N2O2.CH3NS/c8-9-7(11)5-1-3-6(10)4-2-5;2-1-3/h1-4,10H,8H2,(H,9,11);1H,(H2,2,3). The molecule has 76 valence electrons. The van der Waals surface area contributed by atoms with Gasteiger partial charge in [0.2, 0.25) is 0 Å². The molecule has 0 heterocycles. The zero-order chi connectivity index (χ0) is 11.0. The smallest absolute Gasteiger partial charge is 0.265 e. The lowest BCUT2D eigenvalue weighted by Crippen LogP contribution is -2.29. The van der Waals surface area contributed by atoms with Crippen LogP contribution in [0, 0.1) is 0 Å². The van der Waals surface area contributed by atoms with Crippen molar-refractivity contribution in [2.45, 2.75) is 0 Å². The van der Waals surface area contributed by atoms with Gasteiger partial charge >= 0.3 is 0 Å². The van der Waals surface area contributed by atoms with E-state index in [1.807, 2.05) is 5.43 Å². The fraction of sp³-hybridized carbons (Fsp3) is 0. The van der Waals surface area contributed by atoms with Crippen LogP contribution in [-0.4, -0.2) is 16.5 Å². The van der Waals surface area contributed by atoms with Gasteiger partial charge in [-0.1, -0.05) is 12.2 Å². The Morgan fingerprint density at radius 3 is 2.21 bits per heavy atom. The first kappa shape index (κ1) is 12.3. The zero-order valence-corrected chi connectivity index (χ0v) is 8.12. The van der Waals surface area contributed by atoms with Crippen LogP contribution < -0.4 is 17.0 Å². The van der Waals surface area contributed by atoms with E-state index in [4.69, 9.17) is 10.9 Å². The Labute approximate surface area is 86.7 Å². The third-order valence-electron chi connectivity index (χ3n) is 1.26. The van der Waals surface area contributed by atoms with E-state index in [-0.39, 0.29) is 11.7 Å². The number of phenolic OH excluding ortho intramolecular Hbond substituents is 1. The Morgan fingerprint density at radius 2 is 1.86 bits per heavy atom. The summed E-state index contributed by atoms with van der Waals surface area (Å²) in [5, 5.41) is 8.85. The summed E-state index contributed by atoms with van der Waals surface area (Å²) in [5.74, 6) is 4.63. The lowest BCUT2D eigenvalue weighted by atomic mass is 10.2. The first-order valence-corrected chi connectivity index (χ1v) is 4.08. The van der Waals surface area contributed by atoms with Crippen LogP contribution >= 0.6 is 12.2 Å². The van der Waals surface area contributed by atoms with Gasteiger partial charge in [-0.3, -0.25) is 10.2 Å². The fourth-order valence-electron chi connectivity index (χ4n) is 0.696. The van der Waals surface area contributed by atoms with Crippen molar-refractivity contribution >= 4 is 23.6 Å². The quantitative estimate of drug-likeness (QED) is 0.226. The summed E-state index contributed by atoms with van der Waals surface area (Å²) in [7, 11) is 0. The molecule has 0 saturated heterocycles. The molecule has 5 nitrogen and oxygen atoms in total. The molecule has 1 rings (SSSR count). The summed E-state index contributed by atoms with van der Waals surface area (Å²) in [4.78, 5) is 10.8. The predicted octanol–water partition coefficient (Wildman–Crippen LogP) is -0.102. The van der Waals surface area contributed by atoms with E-state index >= 15 is 0 Å². The first-order chi connectivity index (χ1) is 6.65. The molecule has 6 heteroatoms. The van der Waals surface area contributed by atoms with E-state index in [2.05, 4.69) is 18.0 Å². The molecule has 6 N–H and O–H groups in total. The number of amides is 1. The number of nitrogen functional groups attached to an aromatic ring is 1. The number of aromatic hydroxyl groups is 1. The Balaban J connectivity index is 0.000000500. The van der Waals surface area contributed by atoms with Crippen LogP contribution in [0.25, 0.3) is 0 Å². The van der Waals surface area contributed by atoms with Gasteiger partial charge in [-0.2, -0.15) is 0 Å². The highest BCUT2D eigenvalue weighted by atomic mass is 32.1. The summed E-state index contributed by atoms with van der Waals surface area (Å²) in [6, 6.07) is 5.81. The molecule has 0 radical (unpaired) electrons. The number of carbonyl (C=O) groups is 1. The first-order valence-electron chi connectivity index (χ1n) is 3.61. The third kappa shape index (κ3) is 4.39. The number of carbonyl (C=O) groups excluding carboxylic acids is 1. The number of hydrazine groups is 1. The van der Waals surface area contributed by atoms with Gasteiger partial charge in [-0.25, -0.2) is 5.84 Å². The SMILES string of the molecule is NC=S.NNC(=O)c1ccc(O)cc1. The van der Waals surface area contributed by atoms with Gasteiger partial charge < -0.3 is 10.8 Å². The third-order valence-corrected chi connectivity index (χ3v) is 1.26. The van der Waals surface area contributed by atoms with Crippen molar-refractivity contribution in [3.05, 3.63) is 29.8 Å². The molecule has 0 aliphatic rings. The molecule has 0 aliphatic heterocycles. The monoisotopic (exact) mass is 213 g/mol. The van der Waals surface area contributed by atoms with Gasteiger partial charge in [0.15, 0.2) is 0 Å². The van der Waals surface area contributed by atoms with E-state index in [0.717, 1.165) is 5.49 Å². The maximum absolute atomic E-state index is 10.8. The van der Waals surface area contributed by atoms with Crippen molar-refractivity contribution in [3.63, 3.8) is 0 Å². The highest BCUT2D eigenvalue weighted by Crippen LogP contribution is 2.08. The molecular weight excluding hydrogens is 202 g/mol. The van der Waals surface area contributed by atoms with Crippen molar-refractivity contribution in [1.82, 2.24) is 5.43 Å². The summed E-state index contributed by atoms with van der Waals surface area (Å²) in [5.41, 5.74) is 8.02. The van der Waals surface area contributed by atoms with Crippen LogP contribution in [0.3, 0.4) is 0 Å². The average Bonchev–Trinajstić information content (AvgIpc) is 2.19. The van der Waals surface area contributed by atoms with E-state index < -0.39 is 0 Å². The van der Waals surface area contributed by atoms with Crippen LogP contribution in [0.1, 0.15) is 10.4 Å². The maximum Gasteiger partial charge on any atom is 0.265 e. The number of rotatable bonds is 1. The Kier molecular flexibility index (Phi) is 6.01. The molecule has 0 fully saturated rings. The van der Waals surface area contributed by atoms with Crippen molar-refractivity contribution < 1.29 is 9.90 Å². The second-order valence-electron chi connectivity index (χ2n) is 2.16. The van der Waals surface area contributed by atoms with Gasteiger partial charge in [0.1, 0.15) is 5.75 Å². The summed E-state index contributed by atoms with van der Waals surface area (Å²) in [6.07, 6.45) is 0. The van der Waals surface area contributed by atoms with Crippen LogP contribution in [-0.2, 0) is 0 Å². The number of nitrogens with one attached hydrogen (secondary N) is 1. The molecule has 1 amide bonds. The number of hydrogen-bond acceptors (Lipinski definition) is 4. The second-order valence-corrected chi connectivity index (χ2v) is 2.43. The number of nitrogens with two attached hydrogens (primary N) is 2. The van der Waals surface area contributed by atoms with Crippen LogP contribution in [0.15, 0.2) is 24.3 Å². The molecule has 1 aromatic rings. The highest BCUT2D eigenvalue weighted by molar-refractivity contribution is 7.78. The molecule has 1 aromatic carbocycles. The maximum atomic E-state index is 10.8. The number of thiocarbonyl (C=S) groups is 1. The van der Waals surface area contributed by atoms with Gasteiger partial charge in [0, 0.05) is 5.56 Å². The number of benzene rings is 1. The molecular formula is C8H11N3O2S. The molecule has 0 spiro atoms. The largest absolute Gasteiger partial charge is 0.508 e. The molecule has 0 aromatic heterocycles. The Morgan fingerprint density at radius 1 is 1.43 bits per heavy atom. The molecule has 0 atom stereocenters. The zero-order valence-electron chi connectivity index (χ0n) is 7.31. The predicted molar refractivity (Wildman–Crippen MR) is 57.6 cm³/mol. The Bertz CT molecular complexity index is 300. The highest BCUT2D eigenvalue weighted by Gasteiger charge is 2.00. The lowest BCUT2D eigenvalue weighted by Gasteiger charge is -1.97. The minimum atomic E-state index is -0.370. The normalized spacial score (nSPS) is 8.07. The number of hydrogen-bond donors (Lipinski definition) is 4. The molecule has 0 aliphatic carbocycles. The molecule has 14 heavy (non-hydrogen) atoms. The van der Waals surface area contributed by atoms with Gasteiger partial charge in [-0.15, -0.1) is 0 Å².